The maximum absolute atomic E-state index is 6.23. The van der Waals surface area contributed by atoms with Crippen LogP contribution in [0.1, 0.15) is 26.7 Å². The van der Waals surface area contributed by atoms with Gasteiger partial charge in [0.05, 0.1) is 0 Å². The molecule has 3 heteroatoms. The molecule has 2 atom stereocenters. The van der Waals surface area contributed by atoms with Crippen LogP contribution in [0, 0.1) is 5.92 Å². The van der Waals surface area contributed by atoms with Crippen molar-refractivity contribution in [3.05, 3.63) is 0 Å². The molecule has 0 aromatic rings. The number of thioether (sulfide) groups is 1. The standard InChI is InChI=1S/C11H24N2S/c1-9(2)4-5-10(12)11-8-14-7-6-13(11)3/h9-11H,4-8,12H2,1-3H3. The molecule has 0 aromatic carbocycles. The van der Waals surface area contributed by atoms with Crippen molar-refractivity contribution in [3.8, 4) is 0 Å². The van der Waals surface area contributed by atoms with Crippen LogP contribution in [-0.4, -0.2) is 42.1 Å². The van der Waals surface area contributed by atoms with E-state index in [2.05, 4.69) is 25.8 Å². The van der Waals surface area contributed by atoms with E-state index in [9.17, 15) is 0 Å². The molecule has 0 aromatic heterocycles. The number of hydrogen-bond acceptors (Lipinski definition) is 3. The van der Waals surface area contributed by atoms with Crippen molar-refractivity contribution in [2.45, 2.75) is 38.8 Å². The Hall–Kier alpha value is 0.270. The van der Waals surface area contributed by atoms with Crippen molar-refractivity contribution >= 4 is 11.8 Å². The van der Waals surface area contributed by atoms with Gasteiger partial charge in [-0.3, -0.25) is 0 Å². The average molecular weight is 216 g/mol. The zero-order valence-corrected chi connectivity index (χ0v) is 10.5. The first kappa shape index (κ1) is 12.3. The van der Waals surface area contributed by atoms with Crippen LogP contribution in [0.3, 0.4) is 0 Å². The second kappa shape index (κ2) is 5.99. The third kappa shape index (κ3) is 3.79. The maximum atomic E-state index is 6.23. The molecule has 1 aliphatic heterocycles. The van der Waals surface area contributed by atoms with E-state index in [0.717, 1.165) is 5.92 Å². The fourth-order valence-corrected chi connectivity index (χ4v) is 3.20. The summed E-state index contributed by atoms with van der Waals surface area (Å²) in [4.78, 5) is 2.43. The van der Waals surface area contributed by atoms with E-state index in [0.29, 0.717) is 12.1 Å². The Morgan fingerprint density at radius 3 is 2.71 bits per heavy atom. The summed E-state index contributed by atoms with van der Waals surface area (Å²) in [6.07, 6.45) is 2.43. The van der Waals surface area contributed by atoms with Gasteiger partial charge in [-0.2, -0.15) is 11.8 Å². The number of rotatable bonds is 4. The molecule has 1 aliphatic rings. The molecule has 0 spiro atoms. The van der Waals surface area contributed by atoms with Crippen LogP contribution in [0.2, 0.25) is 0 Å². The van der Waals surface area contributed by atoms with Crippen LogP contribution in [0.5, 0.6) is 0 Å². The SMILES string of the molecule is CC(C)CCC(N)C1CSCCN1C. The number of nitrogens with two attached hydrogens (primary N) is 1. The van der Waals surface area contributed by atoms with E-state index >= 15 is 0 Å². The summed E-state index contributed by atoms with van der Waals surface area (Å²) < 4.78 is 0. The molecule has 1 rings (SSSR count). The molecule has 0 radical (unpaired) electrons. The Morgan fingerprint density at radius 1 is 1.43 bits per heavy atom. The summed E-state index contributed by atoms with van der Waals surface area (Å²) in [6.45, 7) is 5.74. The van der Waals surface area contributed by atoms with Crippen molar-refractivity contribution in [1.82, 2.24) is 4.90 Å². The topological polar surface area (TPSA) is 29.3 Å². The van der Waals surface area contributed by atoms with E-state index in [1.54, 1.807) is 0 Å². The van der Waals surface area contributed by atoms with Crippen molar-refractivity contribution in [2.24, 2.45) is 11.7 Å². The number of nitrogens with zero attached hydrogens (tertiary/aromatic N) is 1. The average Bonchev–Trinajstić information content (AvgIpc) is 2.15. The summed E-state index contributed by atoms with van der Waals surface area (Å²) in [5.41, 5.74) is 6.23. The Labute approximate surface area is 92.6 Å². The summed E-state index contributed by atoms with van der Waals surface area (Å²) in [7, 11) is 2.21. The summed E-state index contributed by atoms with van der Waals surface area (Å²) in [5.74, 6) is 3.27. The largest absolute Gasteiger partial charge is 0.326 e. The fraction of sp³-hybridized carbons (Fsp3) is 1.00. The maximum Gasteiger partial charge on any atom is 0.0335 e. The predicted molar refractivity (Wildman–Crippen MR) is 65.8 cm³/mol. The smallest absolute Gasteiger partial charge is 0.0335 e. The molecular weight excluding hydrogens is 192 g/mol. The molecule has 1 fully saturated rings. The van der Waals surface area contributed by atoms with Crippen LogP contribution < -0.4 is 5.73 Å². The molecule has 2 unspecified atom stereocenters. The van der Waals surface area contributed by atoms with Gasteiger partial charge in [-0.1, -0.05) is 13.8 Å². The molecule has 1 saturated heterocycles. The van der Waals surface area contributed by atoms with Gasteiger partial charge in [0.1, 0.15) is 0 Å². The van der Waals surface area contributed by atoms with Crippen molar-refractivity contribution in [1.29, 1.82) is 0 Å². The molecule has 0 aliphatic carbocycles. The molecule has 0 amide bonds. The van der Waals surface area contributed by atoms with Crippen molar-refractivity contribution < 1.29 is 0 Å². The van der Waals surface area contributed by atoms with Gasteiger partial charge < -0.3 is 10.6 Å². The Balaban J connectivity index is 2.30. The van der Waals surface area contributed by atoms with Crippen LogP contribution in [0.4, 0.5) is 0 Å². The lowest BCUT2D eigenvalue weighted by Crippen LogP contribution is -2.50. The minimum absolute atomic E-state index is 0.371. The highest BCUT2D eigenvalue weighted by molar-refractivity contribution is 7.99. The first-order chi connectivity index (χ1) is 6.61. The van der Waals surface area contributed by atoms with E-state index in [-0.39, 0.29) is 0 Å². The highest BCUT2D eigenvalue weighted by Gasteiger charge is 2.24. The highest BCUT2D eigenvalue weighted by atomic mass is 32.2. The van der Waals surface area contributed by atoms with Gasteiger partial charge in [-0.05, 0) is 25.8 Å². The van der Waals surface area contributed by atoms with Crippen LogP contribution in [0.15, 0.2) is 0 Å². The van der Waals surface area contributed by atoms with Crippen molar-refractivity contribution in [3.63, 3.8) is 0 Å². The van der Waals surface area contributed by atoms with Gasteiger partial charge in [0, 0.05) is 30.1 Å². The minimum Gasteiger partial charge on any atom is -0.326 e. The summed E-state index contributed by atoms with van der Waals surface area (Å²) in [6, 6.07) is 0.975. The van der Waals surface area contributed by atoms with Crippen LogP contribution >= 0.6 is 11.8 Å². The lowest BCUT2D eigenvalue weighted by atomic mass is 9.99. The Bertz CT molecular complexity index is 161. The summed E-state index contributed by atoms with van der Waals surface area (Å²) in [5, 5.41) is 0. The first-order valence-electron chi connectivity index (χ1n) is 5.65. The molecule has 1 heterocycles. The number of hydrogen-bond donors (Lipinski definition) is 1. The van der Waals surface area contributed by atoms with Crippen molar-refractivity contribution in [2.75, 3.05) is 25.1 Å². The third-order valence-corrected chi connectivity index (χ3v) is 4.06. The number of likely N-dealkylation sites (N-methyl/N-ethyl adjacent to an activating group) is 1. The zero-order valence-electron chi connectivity index (χ0n) is 9.70. The van der Waals surface area contributed by atoms with E-state index < -0.39 is 0 Å². The van der Waals surface area contributed by atoms with Gasteiger partial charge in [-0.15, -0.1) is 0 Å². The van der Waals surface area contributed by atoms with E-state index in [4.69, 9.17) is 5.73 Å². The molecule has 2 nitrogen and oxygen atoms in total. The molecule has 0 bridgehead atoms. The molecule has 84 valence electrons. The molecule has 14 heavy (non-hydrogen) atoms. The first-order valence-corrected chi connectivity index (χ1v) is 6.80. The van der Waals surface area contributed by atoms with Gasteiger partial charge in [0.15, 0.2) is 0 Å². The van der Waals surface area contributed by atoms with Gasteiger partial charge in [-0.25, -0.2) is 0 Å². The second-order valence-corrected chi connectivity index (χ2v) is 5.91. The summed E-state index contributed by atoms with van der Waals surface area (Å²) >= 11 is 2.05. The van der Waals surface area contributed by atoms with E-state index in [1.807, 2.05) is 11.8 Å². The Kier molecular flexibility index (Phi) is 5.28. The van der Waals surface area contributed by atoms with Crippen LogP contribution in [0.25, 0.3) is 0 Å². The minimum atomic E-state index is 0.371. The van der Waals surface area contributed by atoms with Gasteiger partial charge in [0.2, 0.25) is 0 Å². The lowest BCUT2D eigenvalue weighted by Gasteiger charge is -2.36. The monoisotopic (exact) mass is 216 g/mol. The Morgan fingerprint density at radius 2 is 2.14 bits per heavy atom. The second-order valence-electron chi connectivity index (χ2n) is 4.76. The highest BCUT2D eigenvalue weighted by Crippen LogP contribution is 2.19. The molecular formula is C11H24N2S. The van der Waals surface area contributed by atoms with Gasteiger partial charge >= 0.3 is 0 Å². The molecule has 2 N–H and O–H groups in total. The predicted octanol–water partition coefficient (Wildman–Crippen LogP) is 1.80. The zero-order chi connectivity index (χ0) is 10.6. The quantitative estimate of drug-likeness (QED) is 0.777. The third-order valence-electron chi connectivity index (χ3n) is 3.01. The normalized spacial score (nSPS) is 26.8. The molecule has 0 saturated carbocycles. The van der Waals surface area contributed by atoms with E-state index in [1.165, 1.54) is 30.9 Å². The van der Waals surface area contributed by atoms with Gasteiger partial charge in [0.25, 0.3) is 0 Å². The fourth-order valence-electron chi connectivity index (χ4n) is 1.87. The lowest BCUT2D eigenvalue weighted by molar-refractivity contribution is 0.226. The van der Waals surface area contributed by atoms with Crippen LogP contribution in [-0.2, 0) is 0 Å².